The summed E-state index contributed by atoms with van der Waals surface area (Å²) in [5, 5.41) is 13.0. The average molecular weight is 361 g/mol. The molecule has 1 aromatic heterocycles. The minimum atomic E-state index is -3.74. The van der Waals surface area contributed by atoms with Gasteiger partial charge >= 0.3 is 0 Å². The third kappa shape index (κ3) is 4.29. The third-order valence-corrected chi connectivity index (χ3v) is 6.22. The van der Waals surface area contributed by atoms with Gasteiger partial charge in [0.05, 0.1) is 18.2 Å². The van der Waals surface area contributed by atoms with Crippen molar-refractivity contribution in [1.29, 1.82) is 5.26 Å². The molecule has 6 nitrogen and oxygen atoms in total. The molecule has 1 amide bonds. The minimum Gasteiger partial charge on any atom is -0.325 e. The fourth-order valence-corrected chi connectivity index (χ4v) is 4.43. The standard InChI is InChI=1S/C16H15N3O3S2/c1-2-9-19(24(21,22)16-4-3-10-23-16)12-15(20)18-14-7-5-13(11-17)6-8-14/h2-8,10H,1,9,12H2,(H,18,20). The predicted molar refractivity (Wildman–Crippen MR) is 93.1 cm³/mol. The lowest BCUT2D eigenvalue weighted by atomic mass is 10.2. The molecule has 24 heavy (non-hydrogen) atoms. The maximum Gasteiger partial charge on any atom is 0.253 e. The minimum absolute atomic E-state index is 0.0288. The van der Waals surface area contributed by atoms with Gasteiger partial charge in [0.2, 0.25) is 5.91 Å². The lowest BCUT2D eigenvalue weighted by Gasteiger charge is -2.19. The van der Waals surface area contributed by atoms with Gasteiger partial charge < -0.3 is 5.32 Å². The number of benzene rings is 1. The number of thiophene rings is 1. The van der Waals surface area contributed by atoms with E-state index in [1.165, 1.54) is 12.1 Å². The first-order valence-electron chi connectivity index (χ1n) is 6.92. The summed E-state index contributed by atoms with van der Waals surface area (Å²) >= 11 is 1.09. The highest BCUT2D eigenvalue weighted by Gasteiger charge is 2.26. The molecule has 1 aromatic carbocycles. The maximum absolute atomic E-state index is 12.5. The molecular formula is C16H15N3O3S2. The quantitative estimate of drug-likeness (QED) is 0.767. The van der Waals surface area contributed by atoms with Crippen molar-refractivity contribution < 1.29 is 13.2 Å². The first-order valence-corrected chi connectivity index (χ1v) is 9.24. The maximum atomic E-state index is 12.5. The molecule has 1 N–H and O–H groups in total. The van der Waals surface area contributed by atoms with Crippen molar-refractivity contribution in [3.8, 4) is 6.07 Å². The van der Waals surface area contributed by atoms with Crippen molar-refractivity contribution in [3.63, 3.8) is 0 Å². The Morgan fingerprint density at radius 1 is 1.33 bits per heavy atom. The van der Waals surface area contributed by atoms with Crippen LogP contribution in [0.15, 0.2) is 58.6 Å². The Labute approximate surface area is 144 Å². The molecule has 0 aliphatic rings. The Morgan fingerprint density at radius 3 is 2.58 bits per heavy atom. The van der Waals surface area contributed by atoms with Gasteiger partial charge in [-0.3, -0.25) is 4.79 Å². The van der Waals surface area contributed by atoms with Gasteiger partial charge in [0.25, 0.3) is 10.0 Å². The Morgan fingerprint density at radius 2 is 2.04 bits per heavy atom. The number of carbonyl (C=O) groups excluding carboxylic acids is 1. The number of anilines is 1. The smallest absolute Gasteiger partial charge is 0.253 e. The third-order valence-electron chi connectivity index (χ3n) is 3.04. The van der Waals surface area contributed by atoms with E-state index in [4.69, 9.17) is 5.26 Å². The zero-order valence-corrected chi connectivity index (χ0v) is 14.3. The Balaban J connectivity index is 2.11. The van der Waals surface area contributed by atoms with Crippen LogP contribution in [-0.4, -0.2) is 31.7 Å². The highest BCUT2D eigenvalue weighted by Crippen LogP contribution is 2.21. The van der Waals surface area contributed by atoms with Crippen molar-refractivity contribution in [2.24, 2.45) is 0 Å². The molecule has 0 unspecified atom stereocenters. The lowest BCUT2D eigenvalue weighted by Crippen LogP contribution is -2.37. The van der Waals surface area contributed by atoms with Gasteiger partial charge in [-0.1, -0.05) is 12.1 Å². The van der Waals surface area contributed by atoms with E-state index in [0.29, 0.717) is 11.3 Å². The number of nitrogens with one attached hydrogen (secondary N) is 1. The van der Waals surface area contributed by atoms with Gasteiger partial charge in [-0.05, 0) is 35.7 Å². The molecule has 2 aromatic rings. The first-order chi connectivity index (χ1) is 11.5. The van der Waals surface area contributed by atoms with Gasteiger partial charge in [0.15, 0.2) is 0 Å². The monoisotopic (exact) mass is 361 g/mol. The number of rotatable bonds is 7. The van der Waals surface area contributed by atoms with Crippen LogP contribution in [0.3, 0.4) is 0 Å². The van der Waals surface area contributed by atoms with Gasteiger partial charge in [-0.2, -0.15) is 9.57 Å². The van der Waals surface area contributed by atoms with Crippen molar-refractivity contribution in [1.82, 2.24) is 4.31 Å². The summed E-state index contributed by atoms with van der Waals surface area (Å²) in [5.74, 6) is -0.471. The summed E-state index contributed by atoms with van der Waals surface area (Å²) in [4.78, 5) is 12.2. The number of nitriles is 1. The molecule has 1 heterocycles. The topological polar surface area (TPSA) is 90.3 Å². The molecule has 8 heteroatoms. The van der Waals surface area contributed by atoms with E-state index in [-0.39, 0.29) is 17.3 Å². The molecule has 2 rings (SSSR count). The number of carbonyl (C=O) groups is 1. The highest BCUT2D eigenvalue weighted by atomic mass is 32.2. The van der Waals surface area contributed by atoms with Crippen LogP contribution in [0, 0.1) is 11.3 Å². The lowest BCUT2D eigenvalue weighted by molar-refractivity contribution is -0.116. The van der Waals surface area contributed by atoms with Crippen LogP contribution in [0.4, 0.5) is 5.69 Å². The van der Waals surface area contributed by atoms with E-state index in [1.54, 1.807) is 35.7 Å². The number of sulfonamides is 1. The Bertz CT molecular complexity index is 851. The summed E-state index contributed by atoms with van der Waals surface area (Å²) in [6.07, 6.45) is 1.43. The summed E-state index contributed by atoms with van der Waals surface area (Å²) < 4.78 is 26.3. The average Bonchev–Trinajstić information content (AvgIpc) is 3.10. The van der Waals surface area contributed by atoms with E-state index in [0.717, 1.165) is 15.6 Å². The first kappa shape index (κ1) is 17.9. The van der Waals surface area contributed by atoms with Crippen molar-refractivity contribution in [2.45, 2.75) is 4.21 Å². The molecule has 0 aliphatic carbocycles. The summed E-state index contributed by atoms with van der Waals surface area (Å²) in [5.41, 5.74) is 0.965. The predicted octanol–water partition coefficient (Wildman–Crippen LogP) is 2.44. The van der Waals surface area contributed by atoms with E-state index in [9.17, 15) is 13.2 Å². The molecule has 0 spiro atoms. The number of nitrogens with zero attached hydrogens (tertiary/aromatic N) is 2. The second-order valence-corrected chi connectivity index (χ2v) is 7.87. The molecule has 0 saturated carbocycles. The normalized spacial score (nSPS) is 11.0. The molecule has 0 aliphatic heterocycles. The largest absolute Gasteiger partial charge is 0.325 e. The number of amides is 1. The fraction of sp³-hybridized carbons (Fsp3) is 0.125. The highest BCUT2D eigenvalue weighted by molar-refractivity contribution is 7.91. The van der Waals surface area contributed by atoms with Crippen LogP contribution in [0.25, 0.3) is 0 Å². The van der Waals surface area contributed by atoms with E-state index < -0.39 is 15.9 Å². The summed E-state index contributed by atoms with van der Waals surface area (Å²) in [7, 11) is -3.74. The van der Waals surface area contributed by atoms with Gasteiger partial charge in [-0.15, -0.1) is 17.9 Å². The number of hydrogen-bond acceptors (Lipinski definition) is 5. The van der Waals surface area contributed by atoms with Crippen LogP contribution < -0.4 is 5.32 Å². The van der Waals surface area contributed by atoms with E-state index in [2.05, 4.69) is 11.9 Å². The van der Waals surface area contributed by atoms with E-state index in [1.807, 2.05) is 6.07 Å². The van der Waals surface area contributed by atoms with Crippen molar-refractivity contribution >= 4 is 33.0 Å². The van der Waals surface area contributed by atoms with Crippen LogP contribution in [0.2, 0.25) is 0 Å². The van der Waals surface area contributed by atoms with Crippen LogP contribution >= 0.6 is 11.3 Å². The molecule has 0 radical (unpaired) electrons. The molecule has 0 saturated heterocycles. The van der Waals surface area contributed by atoms with Gasteiger partial charge in [-0.25, -0.2) is 8.42 Å². The van der Waals surface area contributed by atoms with Crippen LogP contribution in [0.1, 0.15) is 5.56 Å². The molecule has 0 fully saturated rings. The second-order valence-electron chi connectivity index (χ2n) is 4.76. The molecule has 0 atom stereocenters. The van der Waals surface area contributed by atoms with Crippen LogP contribution in [0.5, 0.6) is 0 Å². The SMILES string of the molecule is C=CCN(CC(=O)Nc1ccc(C#N)cc1)S(=O)(=O)c1cccs1. The molecular weight excluding hydrogens is 346 g/mol. The number of hydrogen-bond donors (Lipinski definition) is 1. The molecule has 0 bridgehead atoms. The zero-order chi connectivity index (χ0) is 17.6. The van der Waals surface area contributed by atoms with Gasteiger partial charge in [0.1, 0.15) is 4.21 Å². The van der Waals surface area contributed by atoms with Crippen molar-refractivity contribution in [3.05, 3.63) is 60.0 Å². The zero-order valence-electron chi connectivity index (χ0n) is 12.7. The van der Waals surface area contributed by atoms with Crippen molar-refractivity contribution in [2.75, 3.05) is 18.4 Å². The summed E-state index contributed by atoms with van der Waals surface area (Å²) in [6.45, 7) is 3.24. The molecule has 124 valence electrons. The summed E-state index contributed by atoms with van der Waals surface area (Å²) in [6, 6.07) is 11.4. The Kier molecular flexibility index (Phi) is 5.87. The van der Waals surface area contributed by atoms with Crippen LogP contribution in [-0.2, 0) is 14.8 Å². The second kappa shape index (κ2) is 7.88. The van der Waals surface area contributed by atoms with E-state index >= 15 is 0 Å². The Hall–Kier alpha value is -2.47. The van der Waals surface area contributed by atoms with Gasteiger partial charge in [0, 0.05) is 12.2 Å². The fourth-order valence-electron chi connectivity index (χ4n) is 1.92.